The number of phenols is 4. The summed E-state index contributed by atoms with van der Waals surface area (Å²) >= 11 is 0. The second-order valence-electron chi connectivity index (χ2n) is 9.61. The molecule has 180 valence electrons. The predicted octanol–water partition coefficient (Wildman–Crippen LogP) is 6.52. The van der Waals surface area contributed by atoms with E-state index in [1.807, 2.05) is 76.2 Å². The van der Waals surface area contributed by atoms with Gasteiger partial charge in [-0.05, 0) is 102 Å². The molecular weight excluding hydrogens is 436 g/mol. The summed E-state index contributed by atoms with van der Waals surface area (Å²) in [6.07, 6.45) is 1.81. The Morgan fingerprint density at radius 1 is 0.429 bits per heavy atom. The first-order valence-electron chi connectivity index (χ1n) is 11.8. The van der Waals surface area contributed by atoms with Crippen LogP contribution in [0.5, 0.6) is 23.0 Å². The van der Waals surface area contributed by atoms with Crippen LogP contribution >= 0.6 is 0 Å². The Hall–Kier alpha value is -3.92. The molecule has 0 saturated heterocycles. The molecule has 0 unspecified atom stereocenters. The second-order valence-corrected chi connectivity index (χ2v) is 9.61. The van der Waals surface area contributed by atoms with E-state index < -0.39 is 0 Å². The lowest BCUT2D eigenvalue weighted by Gasteiger charge is -2.14. The van der Waals surface area contributed by atoms with E-state index in [1.165, 1.54) is 0 Å². The predicted molar refractivity (Wildman–Crippen MR) is 140 cm³/mol. The molecule has 4 aromatic carbocycles. The Bertz CT molecular complexity index is 1290. The van der Waals surface area contributed by atoms with Crippen LogP contribution in [0.3, 0.4) is 0 Å². The number of aromatic hydroxyl groups is 4. The van der Waals surface area contributed by atoms with Crippen molar-refractivity contribution in [1.82, 2.24) is 0 Å². The molecule has 0 aliphatic carbocycles. The topological polar surface area (TPSA) is 80.9 Å². The molecule has 0 fully saturated rings. The third-order valence-corrected chi connectivity index (χ3v) is 6.60. The number of hydrogen-bond donors (Lipinski definition) is 4. The number of rotatable bonds is 6. The van der Waals surface area contributed by atoms with E-state index in [0.29, 0.717) is 30.8 Å². The van der Waals surface area contributed by atoms with Crippen molar-refractivity contribution >= 4 is 0 Å². The lowest BCUT2D eigenvalue weighted by Crippen LogP contribution is -1.98. The van der Waals surface area contributed by atoms with Gasteiger partial charge >= 0.3 is 0 Å². The minimum Gasteiger partial charge on any atom is -0.508 e. The molecule has 4 nitrogen and oxygen atoms in total. The molecule has 0 aromatic heterocycles. The Balaban J connectivity index is 1.63. The normalized spacial score (nSPS) is 11.1. The monoisotopic (exact) mass is 468 g/mol. The molecular formula is C31H32O4. The van der Waals surface area contributed by atoms with Crippen molar-refractivity contribution in [1.29, 1.82) is 0 Å². The molecule has 0 heterocycles. The van der Waals surface area contributed by atoms with Crippen LogP contribution in [0.15, 0.2) is 60.7 Å². The van der Waals surface area contributed by atoms with Gasteiger partial charge in [0.2, 0.25) is 0 Å². The highest BCUT2D eigenvalue weighted by Crippen LogP contribution is 2.31. The van der Waals surface area contributed by atoms with Crippen LogP contribution < -0.4 is 0 Å². The molecule has 0 aliphatic heterocycles. The fraction of sp³-hybridized carbons (Fsp3) is 0.226. The van der Waals surface area contributed by atoms with Gasteiger partial charge in [-0.15, -0.1) is 0 Å². The summed E-state index contributed by atoms with van der Waals surface area (Å²) in [7, 11) is 0. The smallest absolute Gasteiger partial charge is 0.122 e. The summed E-state index contributed by atoms with van der Waals surface area (Å²) in [4.78, 5) is 0. The highest BCUT2D eigenvalue weighted by Gasteiger charge is 2.13. The first-order valence-corrected chi connectivity index (χ1v) is 11.8. The zero-order valence-corrected chi connectivity index (χ0v) is 20.7. The average molecular weight is 469 g/mol. The van der Waals surface area contributed by atoms with Gasteiger partial charge in [0.1, 0.15) is 23.0 Å². The van der Waals surface area contributed by atoms with E-state index >= 15 is 0 Å². The van der Waals surface area contributed by atoms with E-state index in [-0.39, 0.29) is 11.5 Å². The van der Waals surface area contributed by atoms with Gasteiger partial charge in [-0.25, -0.2) is 0 Å². The second kappa shape index (κ2) is 9.75. The van der Waals surface area contributed by atoms with Crippen molar-refractivity contribution in [2.45, 2.75) is 47.0 Å². The van der Waals surface area contributed by atoms with E-state index in [0.717, 1.165) is 55.6 Å². The van der Waals surface area contributed by atoms with E-state index in [1.54, 1.807) is 12.1 Å². The van der Waals surface area contributed by atoms with Crippen molar-refractivity contribution < 1.29 is 20.4 Å². The maximum atomic E-state index is 10.7. The van der Waals surface area contributed by atoms with Gasteiger partial charge in [0, 0.05) is 12.8 Å². The van der Waals surface area contributed by atoms with Crippen LogP contribution in [0.25, 0.3) is 0 Å². The van der Waals surface area contributed by atoms with Crippen molar-refractivity contribution in [2.24, 2.45) is 0 Å². The molecule has 35 heavy (non-hydrogen) atoms. The first kappa shape index (κ1) is 24.2. The quantitative estimate of drug-likeness (QED) is 0.260. The Morgan fingerprint density at radius 2 is 0.800 bits per heavy atom. The summed E-state index contributed by atoms with van der Waals surface area (Å²) in [5, 5.41) is 41.1. The van der Waals surface area contributed by atoms with Gasteiger partial charge in [-0.3, -0.25) is 0 Å². The van der Waals surface area contributed by atoms with E-state index in [2.05, 4.69) is 0 Å². The third-order valence-electron chi connectivity index (χ3n) is 6.60. The molecule has 4 heteroatoms. The van der Waals surface area contributed by atoms with Gasteiger partial charge in [-0.2, -0.15) is 0 Å². The third kappa shape index (κ3) is 5.43. The van der Waals surface area contributed by atoms with Crippen LogP contribution in [-0.4, -0.2) is 20.4 Å². The van der Waals surface area contributed by atoms with Gasteiger partial charge in [0.25, 0.3) is 0 Å². The molecule has 0 spiro atoms. The largest absolute Gasteiger partial charge is 0.508 e. The zero-order valence-electron chi connectivity index (χ0n) is 20.7. The number of benzene rings is 4. The highest BCUT2D eigenvalue weighted by atomic mass is 16.3. The number of aryl methyl sites for hydroxylation is 4. The Morgan fingerprint density at radius 3 is 1.17 bits per heavy atom. The molecule has 4 aromatic rings. The van der Waals surface area contributed by atoms with Crippen molar-refractivity contribution in [3.8, 4) is 23.0 Å². The zero-order chi connectivity index (χ0) is 25.3. The maximum Gasteiger partial charge on any atom is 0.122 e. The van der Waals surface area contributed by atoms with Crippen LogP contribution in [0.4, 0.5) is 0 Å². The van der Waals surface area contributed by atoms with Crippen molar-refractivity contribution in [2.75, 3.05) is 0 Å². The average Bonchev–Trinajstić information content (AvgIpc) is 2.80. The molecule has 0 saturated carbocycles. The summed E-state index contributed by atoms with van der Waals surface area (Å²) in [6, 6.07) is 19.1. The minimum atomic E-state index is 0.267. The van der Waals surface area contributed by atoms with Crippen molar-refractivity contribution in [3.05, 3.63) is 116 Å². The minimum absolute atomic E-state index is 0.267. The SMILES string of the molecule is Cc1cc(Cc2cc(Cc3cc(C)c(O)c(Cc4ccc(O)c(C)c4)c3)cc(C)c2O)ccc1O. The number of hydrogen-bond acceptors (Lipinski definition) is 4. The summed E-state index contributed by atoms with van der Waals surface area (Å²) in [5.74, 6) is 1.13. The summed E-state index contributed by atoms with van der Waals surface area (Å²) in [6.45, 7) is 7.55. The van der Waals surface area contributed by atoms with Crippen molar-refractivity contribution in [3.63, 3.8) is 0 Å². The van der Waals surface area contributed by atoms with Gasteiger partial charge in [0.05, 0.1) is 0 Å². The van der Waals surface area contributed by atoms with Gasteiger partial charge in [0.15, 0.2) is 0 Å². The molecule has 0 aliphatic rings. The summed E-state index contributed by atoms with van der Waals surface area (Å²) < 4.78 is 0. The molecule has 0 bridgehead atoms. The molecule has 0 radical (unpaired) electrons. The van der Waals surface area contributed by atoms with Crippen LogP contribution in [0.2, 0.25) is 0 Å². The van der Waals surface area contributed by atoms with Crippen LogP contribution in [-0.2, 0) is 19.3 Å². The van der Waals surface area contributed by atoms with E-state index in [9.17, 15) is 20.4 Å². The fourth-order valence-corrected chi connectivity index (χ4v) is 4.67. The molecule has 0 amide bonds. The van der Waals surface area contributed by atoms with Crippen LogP contribution in [0.1, 0.15) is 55.6 Å². The lowest BCUT2D eigenvalue weighted by molar-refractivity contribution is 0.464. The number of phenolic OH excluding ortho intramolecular Hbond substituents is 4. The standard InChI is InChI=1S/C31H32O4/c1-18-9-22(5-7-28(18)32)14-26-16-24(11-20(3)30(26)34)13-25-12-21(4)31(35)27(17-25)15-23-6-8-29(33)19(2)10-23/h5-12,16-17,32-35H,13-15H2,1-4H3. The van der Waals surface area contributed by atoms with Gasteiger partial charge in [-0.1, -0.05) is 48.5 Å². The Kier molecular flexibility index (Phi) is 6.74. The lowest BCUT2D eigenvalue weighted by atomic mass is 9.92. The van der Waals surface area contributed by atoms with E-state index in [4.69, 9.17) is 0 Å². The maximum absolute atomic E-state index is 10.7. The first-order chi connectivity index (χ1) is 16.6. The van der Waals surface area contributed by atoms with Gasteiger partial charge < -0.3 is 20.4 Å². The molecule has 0 atom stereocenters. The summed E-state index contributed by atoms with van der Waals surface area (Å²) in [5.41, 5.74) is 9.19. The fourth-order valence-electron chi connectivity index (χ4n) is 4.67. The van der Waals surface area contributed by atoms with Crippen LogP contribution in [0, 0.1) is 27.7 Å². The Labute approximate surface area is 206 Å². The molecule has 4 rings (SSSR count). The molecule has 4 N–H and O–H groups in total. The highest BCUT2D eigenvalue weighted by molar-refractivity contribution is 5.50.